The fraction of sp³-hybridized carbons (Fsp3) is 0.273. The van der Waals surface area contributed by atoms with E-state index in [9.17, 15) is 19.5 Å². The van der Waals surface area contributed by atoms with Gasteiger partial charge in [0.15, 0.2) is 0 Å². The number of allylic oxidation sites excluding steroid dienone is 2. The third-order valence-electron chi connectivity index (χ3n) is 6.09. The number of carboxylic acids is 1. The van der Waals surface area contributed by atoms with Gasteiger partial charge in [-0.2, -0.15) is 10.1 Å². The molecule has 2 aromatic rings. The van der Waals surface area contributed by atoms with Crippen LogP contribution in [-0.2, 0) is 9.59 Å². The molecule has 3 aliphatic carbocycles. The number of carbonyl (C=O) groups excluding carboxylic acids is 2. The Balaban J connectivity index is 1.39. The molecule has 7 heteroatoms. The van der Waals surface area contributed by atoms with Gasteiger partial charge in [0.1, 0.15) is 11.5 Å². The summed E-state index contributed by atoms with van der Waals surface area (Å²) < 4.78 is 5.69. The number of nitrogens with zero attached hydrogens (tertiary/aromatic N) is 2. The van der Waals surface area contributed by atoms with E-state index in [1.807, 2.05) is 0 Å². The van der Waals surface area contributed by atoms with Crippen LogP contribution in [0.25, 0.3) is 11.3 Å². The first-order valence-electron chi connectivity index (χ1n) is 9.57. The number of imide groups is 1. The number of carbonyl (C=O) groups is 3. The molecule has 2 fully saturated rings. The molecular weight excluding hydrogens is 372 g/mol. The first-order chi connectivity index (χ1) is 14.0. The minimum absolute atomic E-state index is 0.115. The van der Waals surface area contributed by atoms with Crippen molar-refractivity contribution in [2.24, 2.45) is 28.8 Å². The van der Waals surface area contributed by atoms with E-state index in [2.05, 4.69) is 17.3 Å². The summed E-state index contributed by atoms with van der Waals surface area (Å²) in [5, 5.41) is 14.4. The number of fused-ring (bicyclic) bond motifs is 1. The van der Waals surface area contributed by atoms with E-state index in [-0.39, 0.29) is 41.0 Å². The Labute approximate surface area is 166 Å². The molecular formula is C22H18N2O5. The molecule has 29 heavy (non-hydrogen) atoms. The first-order valence-corrected chi connectivity index (χ1v) is 9.57. The SMILES string of the molecule is O=C(O)c1ccccc1-c1ccc(/C=N\N2C(=O)[C@@H]3[C@H](C2=O)[C@@H]2C=C[C@@H]3CC2)o1. The lowest BCUT2D eigenvalue weighted by Gasteiger charge is -2.37. The highest BCUT2D eigenvalue weighted by atomic mass is 16.4. The number of hydrogen-bond donors (Lipinski definition) is 1. The molecule has 0 spiro atoms. The van der Waals surface area contributed by atoms with Crippen molar-refractivity contribution in [1.29, 1.82) is 0 Å². The van der Waals surface area contributed by atoms with Gasteiger partial charge in [0.05, 0.1) is 23.6 Å². The van der Waals surface area contributed by atoms with Crippen LogP contribution >= 0.6 is 0 Å². The third kappa shape index (κ3) is 2.73. The number of amides is 2. The summed E-state index contributed by atoms with van der Waals surface area (Å²) in [5.41, 5.74) is 0.573. The average molecular weight is 390 g/mol. The standard InChI is InChI=1S/C22H18N2O5/c25-20-18-12-5-6-13(8-7-12)19(18)21(26)24(20)23-11-14-9-10-17(29-14)15-3-1-2-4-16(15)22(27)28/h1-6,9-13,18-19H,7-8H2,(H,27,28)/b23-11-/t12-,13-,18-,19+/m1/s1. The molecule has 146 valence electrons. The number of rotatable bonds is 4. The molecule has 0 unspecified atom stereocenters. The van der Waals surface area contributed by atoms with Crippen LogP contribution < -0.4 is 0 Å². The number of aromatic carboxylic acids is 1. The van der Waals surface area contributed by atoms with Gasteiger partial charge >= 0.3 is 5.97 Å². The first kappa shape index (κ1) is 17.6. The van der Waals surface area contributed by atoms with Gasteiger partial charge in [-0.15, -0.1) is 0 Å². The highest BCUT2D eigenvalue weighted by Gasteiger charge is 2.56. The van der Waals surface area contributed by atoms with Gasteiger partial charge in [-0.05, 0) is 42.9 Å². The van der Waals surface area contributed by atoms with Crippen LogP contribution in [0.3, 0.4) is 0 Å². The molecule has 4 atom stereocenters. The summed E-state index contributed by atoms with van der Waals surface area (Å²) in [6, 6.07) is 9.79. The summed E-state index contributed by atoms with van der Waals surface area (Å²) in [4.78, 5) is 36.9. The van der Waals surface area contributed by atoms with Crippen molar-refractivity contribution in [1.82, 2.24) is 5.01 Å². The highest BCUT2D eigenvalue weighted by Crippen LogP contribution is 2.49. The summed E-state index contributed by atoms with van der Waals surface area (Å²) in [7, 11) is 0. The second kappa shape index (κ2) is 6.55. The topological polar surface area (TPSA) is 100 Å². The Morgan fingerprint density at radius 3 is 2.31 bits per heavy atom. The van der Waals surface area contributed by atoms with Gasteiger partial charge in [-0.25, -0.2) is 4.79 Å². The van der Waals surface area contributed by atoms with E-state index in [1.54, 1.807) is 30.3 Å². The molecule has 1 aromatic heterocycles. The summed E-state index contributed by atoms with van der Waals surface area (Å²) in [5.74, 6) is -1.23. The number of hydrogen-bond acceptors (Lipinski definition) is 5. The summed E-state index contributed by atoms with van der Waals surface area (Å²) in [6.45, 7) is 0. The molecule has 1 aromatic carbocycles. The molecule has 0 radical (unpaired) electrons. The molecule has 2 amide bonds. The van der Waals surface area contributed by atoms with Crippen LogP contribution in [0.5, 0.6) is 0 Å². The summed E-state index contributed by atoms with van der Waals surface area (Å²) in [6.07, 6.45) is 7.32. The van der Waals surface area contributed by atoms with Crippen molar-refractivity contribution in [3.8, 4) is 11.3 Å². The fourth-order valence-electron chi connectivity index (χ4n) is 4.74. The lowest BCUT2D eigenvalue weighted by molar-refractivity contribution is -0.140. The monoisotopic (exact) mass is 390 g/mol. The molecule has 1 aliphatic heterocycles. The van der Waals surface area contributed by atoms with E-state index in [1.165, 1.54) is 12.3 Å². The lowest BCUT2D eigenvalue weighted by atomic mass is 9.63. The van der Waals surface area contributed by atoms with Crippen LogP contribution in [0.15, 0.2) is 58.1 Å². The Morgan fingerprint density at radius 1 is 1.03 bits per heavy atom. The lowest BCUT2D eigenvalue weighted by Crippen LogP contribution is -2.38. The Morgan fingerprint density at radius 2 is 1.69 bits per heavy atom. The number of furan rings is 1. The average Bonchev–Trinajstić information content (AvgIpc) is 3.32. The molecule has 6 rings (SSSR count). The van der Waals surface area contributed by atoms with Gasteiger partial charge in [0.25, 0.3) is 11.8 Å². The van der Waals surface area contributed by atoms with E-state index in [4.69, 9.17) is 4.42 Å². The van der Waals surface area contributed by atoms with Crippen LogP contribution in [-0.4, -0.2) is 34.1 Å². The quantitative estimate of drug-likeness (QED) is 0.491. The van der Waals surface area contributed by atoms with Crippen molar-refractivity contribution in [2.45, 2.75) is 12.8 Å². The molecule has 2 heterocycles. The van der Waals surface area contributed by atoms with Gasteiger partial charge in [0, 0.05) is 5.56 Å². The van der Waals surface area contributed by atoms with Crippen molar-refractivity contribution in [3.63, 3.8) is 0 Å². The Hall–Kier alpha value is -3.48. The molecule has 1 saturated heterocycles. The van der Waals surface area contributed by atoms with Gasteiger partial charge in [0.2, 0.25) is 0 Å². The second-order valence-electron chi connectivity index (χ2n) is 7.63. The summed E-state index contributed by atoms with van der Waals surface area (Å²) >= 11 is 0. The molecule has 7 nitrogen and oxygen atoms in total. The second-order valence-corrected chi connectivity index (χ2v) is 7.63. The van der Waals surface area contributed by atoms with Crippen molar-refractivity contribution >= 4 is 24.0 Å². The van der Waals surface area contributed by atoms with E-state index in [0.717, 1.165) is 17.9 Å². The van der Waals surface area contributed by atoms with Crippen molar-refractivity contribution in [2.75, 3.05) is 0 Å². The molecule has 1 saturated carbocycles. The zero-order valence-corrected chi connectivity index (χ0v) is 15.4. The smallest absolute Gasteiger partial charge is 0.336 e. The largest absolute Gasteiger partial charge is 0.478 e. The van der Waals surface area contributed by atoms with Crippen molar-refractivity contribution in [3.05, 3.63) is 59.9 Å². The van der Waals surface area contributed by atoms with Gasteiger partial charge in [-0.3, -0.25) is 9.59 Å². The Bertz CT molecular complexity index is 1050. The van der Waals surface area contributed by atoms with Gasteiger partial charge < -0.3 is 9.52 Å². The highest BCUT2D eigenvalue weighted by molar-refractivity contribution is 6.06. The zero-order chi connectivity index (χ0) is 20.1. The minimum atomic E-state index is -1.05. The van der Waals surface area contributed by atoms with Crippen LogP contribution in [0, 0.1) is 23.7 Å². The van der Waals surface area contributed by atoms with Crippen LogP contribution in [0.4, 0.5) is 0 Å². The van der Waals surface area contributed by atoms with E-state index in [0.29, 0.717) is 17.1 Å². The maximum absolute atomic E-state index is 12.8. The number of hydrazone groups is 1. The molecule has 2 bridgehead atoms. The van der Waals surface area contributed by atoms with E-state index >= 15 is 0 Å². The Kier molecular flexibility index (Phi) is 3.97. The van der Waals surface area contributed by atoms with Crippen molar-refractivity contribution < 1.29 is 23.9 Å². The van der Waals surface area contributed by atoms with Crippen LogP contribution in [0.2, 0.25) is 0 Å². The number of benzene rings is 1. The normalized spacial score (nSPS) is 27.8. The van der Waals surface area contributed by atoms with Gasteiger partial charge in [-0.1, -0.05) is 30.4 Å². The maximum Gasteiger partial charge on any atom is 0.336 e. The van der Waals surface area contributed by atoms with E-state index < -0.39 is 5.97 Å². The predicted molar refractivity (Wildman–Crippen MR) is 103 cm³/mol. The maximum atomic E-state index is 12.8. The fourth-order valence-corrected chi connectivity index (χ4v) is 4.74. The van der Waals surface area contributed by atoms with Crippen LogP contribution in [0.1, 0.15) is 29.0 Å². The zero-order valence-electron chi connectivity index (χ0n) is 15.4. The third-order valence-corrected chi connectivity index (χ3v) is 6.09. The minimum Gasteiger partial charge on any atom is -0.478 e. The molecule has 1 N–H and O–H groups in total. The number of carboxylic acid groups (broad SMARTS) is 1. The molecule has 4 aliphatic rings. The predicted octanol–water partition coefficient (Wildman–Crippen LogP) is 3.18.